The van der Waals surface area contributed by atoms with Gasteiger partial charge in [-0.25, -0.2) is 0 Å². The largest absolute Gasteiger partial charge is 0.366 e. The molecule has 6 nitrogen and oxygen atoms in total. The molecule has 0 aliphatic carbocycles. The third-order valence-electron chi connectivity index (χ3n) is 4.32. The Morgan fingerprint density at radius 3 is 2.69 bits per heavy atom. The molecule has 1 aliphatic rings. The van der Waals surface area contributed by atoms with Gasteiger partial charge in [-0.15, -0.1) is 11.8 Å². The average Bonchev–Trinajstić information content (AvgIpc) is 2.99. The van der Waals surface area contributed by atoms with Crippen molar-refractivity contribution in [2.75, 3.05) is 5.32 Å². The van der Waals surface area contributed by atoms with E-state index in [0.29, 0.717) is 17.1 Å². The highest BCUT2D eigenvalue weighted by Gasteiger charge is 2.27. The minimum Gasteiger partial charge on any atom is -0.366 e. The average molecular weight is 364 g/mol. The smallest absolute Gasteiger partial charge is 0.276 e. The molecule has 0 fully saturated rings. The maximum absolute atomic E-state index is 12.8. The van der Waals surface area contributed by atoms with Crippen LogP contribution in [0.1, 0.15) is 26.4 Å². The molecule has 0 bridgehead atoms. The van der Waals surface area contributed by atoms with E-state index >= 15 is 0 Å². The molecular weight excluding hydrogens is 348 g/mol. The summed E-state index contributed by atoms with van der Waals surface area (Å²) >= 11 is 1.68. The second kappa shape index (κ2) is 6.34. The Labute approximate surface area is 154 Å². The van der Waals surface area contributed by atoms with Crippen molar-refractivity contribution in [2.45, 2.75) is 10.6 Å². The number of nitrogens with two attached hydrogens (primary N) is 1. The Morgan fingerprint density at radius 1 is 1.15 bits per heavy atom. The van der Waals surface area contributed by atoms with Gasteiger partial charge in [-0.3, -0.25) is 14.3 Å². The van der Waals surface area contributed by atoms with Gasteiger partial charge in [0.25, 0.3) is 11.8 Å². The lowest BCUT2D eigenvalue weighted by Crippen LogP contribution is -2.19. The third kappa shape index (κ3) is 2.66. The van der Waals surface area contributed by atoms with Crippen molar-refractivity contribution in [3.05, 3.63) is 65.4 Å². The maximum Gasteiger partial charge on any atom is 0.276 e. The van der Waals surface area contributed by atoms with Crippen molar-refractivity contribution < 1.29 is 9.59 Å². The van der Waals surface area contributed by atoms with Crippen LogP contribution in [0, 0.1) is 0 Å². The molecule has 0 atom stereocenters. The van der Waals surface area contributed by atoms with Crippen molar-refractivity contribution in [2.24, 2.45) is 12.8 Å². The zero-order valence-electron chi connectivity index (χ0n) is 14.0. The summed E-state index contributed by atoms with van der Waals surface area (Å²) in [5.41, 5.74) is 9.32. The van der Waals surface area contributed by atoms with Gasteiger partial charge in [-0.05, 0) is 18.2 Å². The Kier molecular flexibility index (Phi) is 4.00. The Hall–Kier alpha value is -3.06. The number of para-hydroxylation sites is 1. The molecule has 1 aromatic heterocycles. The molecule has 3 aromatic rings. The summed E-state index contributed by atoms with van der Waals surface area (Å²) in [6, 6.07) is 14.8. The maximum atomic E-state index is 12.8. The molecule has 0 saturated heterocycles. The summed E-state index contributed by atoms with van der Waals surface area (Å²) in [5.74, 6) is -0.274. The molecule has 4 rings (SSSR count). The quantitative estimate of drug-likeness (QED) is 0.747. The highest BCUT2D eigenvalue weighted by molar-refractivity contribution is 7.98. The van der Waals surface area contributed by atoms with Crippen LogP contribution < -0.4 is 11.1 Å². The number of nitrogens with one attached hydrogen (secondary N) is 1. The predicted molar refractivity (Wildman–Crippen MR) is 101 cm³/mol. The van der Waals surface area contributed by atoms with Crippen molar-refractivity contribution in [1.29, 1.82) is 0 Å². The fourth-order valence-corrected chi connectivity index (χ4v) is 4.22. The van der Waals surface area contributed by atoms with Crippen molar-refractivity contribution in [3.63, 3.8) is 0 Å². The topological polar surface area (TPSA) is 90.0 Å². The van der Waals surface area contributed by atoms with E-state index in [4.69, 9.17) is 5.73 Å². The van der Waals surface area contributed by atoms with E-state index in [2.05, 4.69) is 16.5 Å². The van der Waals surface area contributed by atoms with Crippen molar-refractivity contribution in [1.82, 2.24) is 9.78 Å². The number of amides is 2. The number of fused-ring (bicyclic) bond motifs is 3. The number of nitrogens with zero attached hydrogens (tertiary/aromatic N) is 2. The van der Waals surface area contributed by atoms with Gasteiger partial charge in [-0.2, -0.15) is 5.10 Å². The highest BCUT2D eigenvalue weighted by Crippen LogP contribution is 2.42. The van der Waals surface area contributed by atoms with Gasteiger partial charge in [0.2, 0.25) is 0 Å². The van der Waals surface area contributed by atoms with Gasteiger partial charge in [-0.1, -0.05) is 30.3 Å². The molecule has 2 heterocycles. The van der Waals surface area contributed by atoms with Crippen LogP contribution in [0.2, 0.25) is 0 Å². The summed E-state index contributed by atoms with van der Waals surface area (Å²) in [5, 5.41) is 7.21. The molecule has 26 heavy (non-hydrogen) atoms. The number of hydrogen-bond donors (Lipinski definition) is 2. The lowest BCUT2D eigenvalue weighted by Gasteiger charge is -2.17. The van der Waals surface area contributed by atoms with E-state index in [-0.39, 0.29) is 11.5 Å². The normalized spacial score (nSPS) is 12.2. The summed E-state index contributed by atoms with van der Waals surface area (Å²) in [6.07, 6.45) is 0. The van der Waals surface area contributed by atoms with Crippen molar-refractivity contribution >= 4 is 29.3 Å². The number of carbonyl (C=O) groups excluding carboxylic acids is 2. The SMILES string of the molecule is Cn1nc(C(=O)Nc2ccccc2C(N)=O)c2c1-c1ccccc1SC2. The molecule has 1 aliphatic heterocycles. The van der Waals surface area contributed by atoms with Crippen LogP contribution in [0.5, 0.6) is 0 Å². The number of rotatable bonds is 3. The second-order valence-electron chi connectivity index (χ2n) is 5.95. The fraction of sp³-hybridized carbons (Fsp3) is 0.105. The molecule has 0 spiro atoms. The van der Waals surface area contributed by atoms with Crippen LogP contribution in [0.15, 0.2) is 53.4 Å². The summed E-state index contributed by atoms with van der Waals surface area (Å²) < 4.78 is 1.74. The van der Waals surface area contributed by atoms with E-state index < -0.39 is 5.91 Å². The molecule has 7 heteroatoms. The molecule has 0 unspecified atom stereocenters. The van der Waals surface area contributed by atoms with Crippen LogP contribution >= 0.6 is 11.8 Å². The van der Waals surface area contributed by atoms with E-state index in [1.807, 2.05) is 25.2 Å². The Morgan fingerprint density at radius 2 is 1.88 bits per heavy atom. The molecule has 130 valence electrons. The van der Waals surface area contributed by atoms with Gasteiger partial charge < -0.3 is 11.1 Å². The third-order valence-corrected chi connectivity index (χ3v) is 5.42. The number of hydrogen-bond acceptors (Lipinski definition) is 4. The first kappa shape index (κ1) is 16.4. The van der Waals surface area contributed by atoms with Gasteiger partial charge >= 0.3 is 0 Å². The Balaban J connectivity index is 1.73. The lowest BCUT2D eigenvalue weighted by atomic mass is 10.1. The number of benzene rings is 2. The Bertz CT molecular complexity index is 1040. The number of aromatic nitrogens is 2. The van der Waals surface area contributed by atoms with E-state index in [1.54, 1.807) is 40.7 Å². The minimum absolute atomic E-state index is 0.269. The van der Waals surface area contributed by atoms with Crippen LogP contribution in [-0.4, -0.2) is 21.6 Å². The predicted octanol–water partition coefficient (Wildman–Crippen LogP) is 3.04. The van der Waals surface area contributed by atoms with E-state index in [0.717, 1.165) is 16.8 Å². The standard InChI is InChI=1S/C19H16N4O2S/c1-23-17-12-7-3-5-9-15(12)26-10-13(17)16(22-23)19(25)21-14-8-4-2-6-11(14)18(20)24/h2-9H,10H2,1H3,(H2,20,24)(H,21,25). The lowest BCUT2D eigenvalue weighted by molar-refractivity contribution is 0.100. The molecule has 2 amide bonds. The fourth-order valence-electron chi connectivity index (χ4n) is 3.15. The van der Waals surface area contributed by atoms with Gasteiger partial charge in [0.1, 0.15) is 0 Å². The number of aryl methyl sites for hydroxylation is 1. The number of carbonyl (C=O) groups is 2. The van der Waals surface area contributed by atoms with E-state index in [1.165, 1.54) is 4.90 Å². The minimum atomic E-state index is -0.589. The van der Waals surface area contributed by atoms with Crippen LogP contribution in [0.4, 0.5) is 5.69 Å². The first-order chi connectivity index (χ1) is 12.6. The van der Waals surface area contributed by atoms with Crippen LogP contribution in [0.25, 0.3) is 11.3 Å². The van der Waals surface area contributed by atoms with Gasteiger partial charge in [0.15, 0.2) is 5.69 Å². The van der Waals surface area contributed by atoms with Crippen molar-refractivity contribution in [3.8, 4) is 11.3 Å². The summed E-state index contributed by atoms with van der Waals surface area (Å²) in [7, 11) is 1.83. The summed E-state index contributed by atoms with van der Waals surface area (Å²) in [4.78, 5) is 25.6. The van der Waals surface area contributed by atoms with Gasteiger partial charge in [0.05, 0.1) is 16.9 Å². The number of primary amides is 1. The van der Waals surface area contributed by atoms with E-state index in [9.17, 15) is 9.59 Å². The second-order valence-corrected chi connectivity index (χ2v) is 6.97. The molecule has 2 aromatic carbocycles. The monoisotopic (exact) mass is 364 g/mol. The van der Waals surface area contributed by atoms with Gasteiger partial charge in [0, 0.05) is 28.8 Å². The molecular formula is C19H16N4O2S. The first-order valence-electron chi connectivity index (χ1n) is 8.04. The van der Waals surface area contributed by atoms with Crippen LogP contribution in [-0.2, 0) is 12.8 Å². The first-order valence-corrected chi connectivity index (χ1v) is 9.03. The van der Waals surface area contributed by atoms with Crippen LogP contribution in [0.3, 0.4) is 0 Å². The number of thioether (sulfide) groups is 1. The molecule has 3 N–H and O–H groups in total. The zero-order valence-corrected chi connectivity index (χ0v) is 14.8. The molecule has 0 radical (unpaired) electrons. The zero-order chi connectivity index (χ0) is 18.3. The summed E-state index contributed by atoms with van der Waals surface area (Å²) in [6.45, 7) is 0. The number of anilines is 1. The highest BCUT2D eigenvalue weighted by atomic mass is 32.2. The molecule has 0 saturated carbocycles.